The fraction of sp³-hybridized carbons (Fsp3) is 0.130. The van der Waals surface area contributed by atoms with Crippen LogP contribution in [0.5, 0.6) is 11.5 Å². The Morgan fingerprint density at radius 3 is 2.24 bits per heavy atom. The molecule has 1 heterocycles. The smallest absolute Gasteiger partial charge is 0.255 e. The molecule has 0 saturated carbocycles. The first-order valence-corrected chi connectivity index (χ1v) is 9.32. The number of nitrogens with one attached hydrogen (secondary N) is 2. The molecule has 0 atom stereocenters. The molecule has 0 saturated heterocycles. The van der Waals surface area contributed by atoms with E-state index >= 15 is 0 Å². The topological polar surface area (TPSA) is 76.7 Å². The number of rotatable bonds is 6. The minimum Gasteiger partial charge on any atom is -0.454 e. The first-order chi connectivity index (χ1) is 14.2. The van der Waals surface area contributed by atoms with Gasteiger partial charge in [0, 0.05) is 29.4 Å². The maximum absolute atomic E-state index is 12.4. The molecule has 1 aliphatic heterocycles. The Balaban J connectivity index is 1.32. The highest BCUT2D eigenvalue weighted by Crippen LogP contribution is 2.34. The number of benzene rings is 3. The third-order valence-corrected chi connectivity index (χ3v) is 4.58. The van der Waals surface area contributed by atoms with Gasteiger partial charge in [-0.2, -0.15) is 0 Å². The molecule has 1 aliphatic rings. The predicted molar refractivity (Wildman–Crippen MR) is 109 cm³/mol. The van der Waals surface area contributed by atoms with Crippen molar-refractivity contribution in [3.63, 3.8) is 0 Å². The van der Waals surface area contributed by atoms with Crippen LogP contribution in [0.3, 0.4) is 0 Å². The molecule has 29 heavy (non-hydrogen) atoms. The summed E-state index contributed by atoms with van der Waals surface area (Å²) >= 11 is 0. The molecule has 2 N–H and O–H groups in total. The third-order valence-electron chi connectivity index (χ3n) is 4.58. The van der Waals surface area contributed by atoms with Crippen molar-refractivity contribution in [2.24, 2.45) is 0 Å². The molecule has 0 fully saturated rings. The van der Waals surface area contributed by atoms with E-state index in [1.807, 2.05) is 30.3 Å². The van der Waals surface area contributed by atoms with Crippen LogP contribution in [0, 0.1) is 0 Å². The molecule has 0 spiro atoms. The lowest BCUT2D eigenvalue weighted by Crippen LogP contribution is -2.25. The third kappa shape index (κ3) is 4.55. The van der Waals surface area contributed by atoms with Crippen LogP contribution in [-0.2, 0) is 6.42 Å². The molecular formula is C23H20N2O4. The zero-order valence-electron chi connectivity index (χ0n) is 15.7. The van der Waals surface area contributed by atoms with E-state index in [2.05, 4.69) is 10.6 Å². The van der Waals surface area contributed by atoms with Crippen molar-refractivity contribution in [2.45, 2.75) is 6.42 Å². The minimum atomic E-state index is -0.264. The maximum Gasteiger partial charge on any atom is 0.255 e. The zero-order valence-corrected chi connectivity index (χ0v) is 15.7. The van der Waals surface area contributed by atoms with E-state index in [0.717, 1.165) is 6.42 Å². The lowest BCUT2D eigenvalue weighted by Gasteiger charge is -2.08. The van der Waals surface area contributed by atoms with Crippen LogP contribution in [0.2, 0.25) is 0 Å². The first-order valence-electron chi connectivity index (χ1n) is 9.32. The van der Waals surface area contributed by atoms with Gasteiger partial charge >= 0.3 is 0 Å². The Morgan fingerprint density at radius 2 is 1.48 bits per heavy atom. The van der Waals surface area contributed by atoms with Gasteiger partial charge in [0.05, 0.1) is 0 Å². The van der Waals surface area contributed by atoms with Gasteiger partial charge in [-0.1, -0.05) is 30.3 Å². The molecule has 3 aromatic carbocycles. The lowest BCUT2D eigenvalue weighted by atomic mass is 10.1. The highest BCUT2D eigenvalue weighted by atomic mass is 16.7. The summed E-state index contributed by atoms with van der Waals surface area (Å²) in [7, 11) is 0. The Hall–Kier alpha value is -3.80. The van der Waals surface area contributed by atoms with Crippen LogP contribution < -0.4 is 20.1 Å². The molecule has 0 unspecified atom stereocenters. The Bertz CT molecular complexity index is 1020. The van der Waals surface area contributed by atoms with E-state index in [9.17, 15) is 9.59 Å². The van der Waals surface area contributed by atoms with E-state index in [4.69, 9.17) is 9.47 Å². The van der Waals surface area contributed by atoms with Gasteiger partial charge in [0.2, 0.25) is 6.79 Å². The molecule has 4 rings (SSSR count). The second kappa shape index (κ2) is 8.48. The fourth-order valence-corrected chi connectivity index (χ4v) is 3.02. The molecule has 6 heteroatoms. The molecular weight excluding hydrogens is 368 g/mol. The summed E-state index contributed by atoms with van der Waals surface area (Å²) in [5.74, 6) is 0.833. The summed E-state index contributed by atoms with van der Waals surface area (Å²) < 4.78 is 10.6. The van der Waals surface area contributed by atoms with E-state index in [1.165, 1.54) is 5.56 Å². The summed E-state index contributed by atoms with van der Waals surface area (Å²) in [6.45, 7) is 0.733. The molecule has 0 radical (unpaired) electrons. The molecule has 146 valence electrons. The van der Waals surface area contributed by atoms with Gasteiger partial charge < -0.3 is 20.1 Å². The molecule has 0 aromatic heterocycles. The van der Waals surface area contributed by atoms with Gasteiger partial charge in [0.25, 0.3) is 11.8 Å². The Morgan fingerprint density at radius 1 is 0.793 bits per heavy atom. The van der Waals surface area contributed by atoms with Gasteiger partial charge in [-0.3, -0.25) is 9.59 Å². The highest BCUT2D eigenvalue weighted by molar-refractivity contribution is 6.05. The quantitative estimate of drug-likeness (QED) is 0.676. The molecule has 0 aliphatic carbocycles. The molecule has 3 aromatic rings. The second-order valence-corrected chi connectivity index (χ2v) is 6.59. The van der Waals surface area contributed by atoms with Gasteiger partial charge in [0.15, 0.2) is 11.5 Å². The number of fused-ring (bicyclic) bond motifs is 1. The van der Waals surface area contributed by atoms with Crippen LogP contribution in [-0.4, -0.2) is 25.2 Å². The van der Waals surface area contributed by atoms with Crippen LogP contribution in [0.1, 0.15) is 26.3 Å². The van der Waals surface area contributed by atoms with E-state index in [-0.39, 0.29) is 18.6 Å². The number of anilines is 1. The van der Waals surface area contributed by atoms with Gasteiger partial charge in [-0.15, -0.1) is 0 Å². The lowest BCUT2D eigenvalue weighted by molar-refractivity contribution is 0.0952. The fourth-order valence-electron chi connectivity index (χ4n) is 3.02. The number of hydrogen-bond acceptors (Lipinski definition) is 4. The van der Waals surface area contributed by atoms with Gasteiger partial charge in [-0.05, 0) is 48.4 Å². The monoisotopic (exact) mass is 388 g/mol. The van der Waals surface area contributed by atoms with Crippen LogP contribution in [0.4, 0.5) is 5.69 Å². The average molecular weight is 388 g/mol. The number of carbonyl (C=O) groups excluding carboxylic acids is 2. The zero-order chi connectivity index (χ0) is 20.1. The summed E-state index contributed by atoms with van der Waals surface area (Å²) in [4.78, 5) is 24.7. The normalized spacial score (nSPS) is 11.7. The second-order valence-electron chi connectivity index (χ2n) is 6.59. The predicted octanol–water partition coefficient (Wildman–Crippen LogP) is 3.64. The minimum absolute atomic E-state index is 0.163. The summed E-state index contributed by atoms with van der Waals surface area (Å²) in [6.07, 6.45) is 0.766. The summed E-state index contributed by atoms with van der Waals surface area (Å²) in [5.41, 5.74) is 2.76. The number of carbonyl (C=O) groups is 2. The SMILES string of the molecule is O=C(NCCc1ccccc1)c1ccc(C(=O)Nc2ccc3c(c2)OCO3)cc1. The van der Waals surface area contributed by atoms with E-state index in [1.54, 1.807) is 42.5 Å². The van der Waals surface area contributed by atoms with Crippen molar-refractivity contribution in [1.82, 2.24) is 5.32 Å². The largest absolute Gasteiger partial charge is 0.454 e. The first kappa shape index (κ1) is 18.6. The van der Waals surface area contributed by atoms with E-state index < -0.39 is 0 Å². The maximum atomic E-state index is 12.4. The average Bonchev–Trinajstić information content (AvgIpc) is 3.22. The van der Waals surface area contributed by atoms with Crippen LogP contribution >= 0.6 is 0 Å². The summed E-state index contributed by atoms with van der Waals surface area (Å²) in [6, 6.07) is 21.7. The van der Waals surface area contributed by atoms with Crippen molar-refractivity contribution >= 4 is 17.5 Å². The molecule has 2 amide bonds. The van der Waals surface area contributed by atoms with Gasteiger partial charge in [-0.25, -0.2) is 0 Å². The van der Waals surface area contributed by atoms with Crippen molar-refractivity contribution in [3.8, 4) is 11.5 Å². The van der Waals surface area contributed by atoms with E-state index in [0.29, 0.717) is 34.9 Å². The van der Waals surface area contributed by atoms with Crippen molar-refractivity contribution in [3.05, 3.63) is 89.5 Å². The number of ether oxygens (including phenoxy) is 2. The summed E-state index contributed by atoms with van der Waals surface area (Å²) in [5, 5.41) is 5.71. The Labute approximate surface area is 168 Å². The number of amides is 2. The standard InChI is InChI=1S/C23H20N2O4/c26-22(24-13-12-16-4-2-1-3-5-16)17-6-8-18(9-7-17)23(27)25-19-10-11-20-21(14-19)29-15-28-20/h1-11,14H,12-13,15H2,(H,24,26)(H,25,27). The van der Waals surface area contributed by atoms with Crippen LogP contribution in [0.15, 0.2) is 72.8 Å². The van der Waals surface area contributed by atoms with Crippen molar-refractivity contribution in [1.29, 1.82) is 0 Å². The molecule has 6 nitrogen and oxygen atoms in total. The van der Waals surface area contributed by atoms with Gasteiger partial charge in [0.1, 0.15) is 0 Å². The van der Waals surface area contributed by atoms with Crippen molar-refractivity contribution in [2.75, 3.05) is 18.7 Å². The molecule has 0 bridgehead atoms. The van der Waals surface area contributed by atoms with Crippen molar-refractivity contribution < 1.29 is 19.1 Å². The number of hydrogen-bond donors (Lipinski definition) is 2. The van der Waals surface area contributed by atoms with Crippen LogP contribution in [0.25, 0.3) is 0 Å². The Kier molecular flexibility index (Phi) is 5.42. The highest BCUT2D eigenvalue weighted by Gasteiger charge is 2.15.